The number of hydrogen-bond donors (Lipinski definition) is 0. The number of aromatic nitrogens is 1. The van der Waals surface area contributed by atoms with E-state index in [0.717, 1.165) is 61.4 Å². The van der Waals surface area contributed by atoms with Crippen molar-refractivity contribution in [3.05, 3.63) is 206 Å². The van der Waals surface area contributed by atoms with Gasteiger partial charge in [0.05, 0.1) is 27.8 Å². The lowest BCUT2D eigenvalue weighted by Crippen LogP contribution is -2.10. The van der Waals surface area contributed by atoms with Gasteiger partial charge in [-0.3, -0.25) is 0 Å². The molecule has 258 valence electrons. The van der Waals surface area contributed by atoms with Crippen LogP contribution in [0.25, 0.3) is 82.5 Å². The Hall–Kier alpha value is -7.36. The van der Waals surface area contributed by atoms with E-state index in [1.54, 1.807) is 0 Å². The molecule has 0 aliphatic carbocycles. The summed E-state index contributed by atoms with van der Waals surface area (Å²) in [5.41, 5.74) is 12.9. The fourth-order valence-electron chi connectivity index (χ4n) is 8.49. The SMILES string of the molecule is c1ccc(N(c2cccc(-c3ccc4ccccc4c3)c2)c2ccc(-c3ccccc3-n3c4ccccc4c4ccccc43)c3oc4ccccc4c23)cc1. The molecule has 0 atom stereocenters. The second kappa shape index (κ2) is 12.6. The predicted molar refractivity (Wildman–Crippen MR) is 231 cm³/mol. The van der Waals surface area contributed by atoms with Crippen LogP contribution in [-0.4, -0.2) is 4.57 Å². The summed E-state index contributed by atoms with van der Waals surface area (Å²) in [5, 5.41) is 7.10. The monoisotopic (exact) mass is 702 g/mol. The van der Waals surface area contributed by atoms with Crippen LogP contribution in [0.2, 0.25) is 0 Å². The van der Waals surface area contributed by atoms with Crippen LogP contribution in [0.4, 0.5) is 17.1 Å². The fraction of sp³-hybridized carbons (Fsp3) is 0. The molecule has 0 aliphatic heterocycles. The molecule has 0 saturated heterocycles. The first-order valence-electron chi connectivity index (χ1n) is 18.8. The standard InChI is InChI=1S/C52H34N2O/c1-2-18-39(19-3-1)53(40-20-14-17-37(34-40)38-30-29-35-15-4-5-16-36(35)33-38)49-32-31-44(52-51(49)45-24-9-13-28-50(45)55-52)43-23-8-12-27-48(43)54-46-25-10-6-21-41(46)42-22-7-11-26-47(42)54/h1-34H. The van der Waals surface area contributed by atoms with Crippen molar-refractivity contribution in [1.82, 2.24) is 4.57 Å². The Morgan fingerprint density at radius 2 is 1.04 bits per heavy atom. The van der Waals surface area contributed by atoms with Crippen molar-refractivity contribution in [2.24, 2.45) is 0 Å². The highest BCUT2D eigenvalue weighted by Gasteiger charge is 2.24. The summed E-state index contributed by atoms with van der Waals surface area (Å²) < 4.78 is 9.35. The highest BCUT2D eigenvalue weighted by molar-refractivity contribution is 6.18. The summed E-state index contributed by atoms with van der Waals surface area (Å²) in [6.07, 6.45) is 0. The number of benzene rings is 9. The molecule has 2 heterocycles. The van der Waals surface area contributed by atoms with Gasteiger partial charge >= 0.3 is 0 Å². The maximum atomic E-state index is 6.95. The quantitative estimate of drug-likeness (QED) is 0.172. The van der Waals surface area contributed by atoms with Crippen molar-refractivity contribution >= 4 is 71.6 Å². The van der Waals surface area contributed by atoms with Crippen LogP contribution in [0.5, 0.6) is 0 Å². The van der Waals surface area contributed by atoms with Gasteiger partial charge in [-0.1, -0.05) is 140 Å². The molecular formula is C52H34N2O. The number of para-hydroxylation sites is 5. The van der Waals surface area contributed by atoms with Gasteiger partial charge in [0.2, 0.25) is 0 Å². The van der Waals surface area contributed by atoms with Crippen molar-refractivity contribution < 1.29 is 4.42 Å². The molecule has 11 aromatic rings. The van der Waals surface area contributed by atoms with Gasteiger partial charge in [-0.2, -0.15) is 0 Å². The lowest BCUT2D eigenvalue weighted by molar-refractivity contribution is 0.670. The number of fused-ring (bicyclic) bond motifs is 7. The van der Waals surface area contributed by atoms with Gasteiger partial charge in [0.1, 0.15) is 11.2 Å². The number of furan rings is 1. The molecular weight excluding hydrogens is 669 g/mol. The fourth-order valence-corrected chi connectivity index (χ4v) is 8.49. The molecule has 55 heavy (non-hydrogen) atoms. The third-order valence-electron chi connectivity index (χ3n) is 11.0. The molecule has 3 nitrogen and oxygen atoms in total. The summed E-state index contributed by atoms with van der Waals surface area (Å²) in [5.74, 6) is 0. The molecule has 0 N–H and O–H groups in total. The van der Waals surface area contributed by atoms with Crippen molar-refractivity contribution in [3.8, 4) is 27.9 Å². The van der Waals surface area contributed by atoms with Crippen LogP contribution in [0.3, 0.4) is 0 Å². The van der Waals surface area contributed by atoms with E-state index < -0.39 is 0 Å². The molecule has 0 aliphatic rings. The normalized spacial score (nSPS) is 11.6. The zero-order chi connectivity index (χ0) is 36.3. The number of rotatable bonds is 6. The summed E-state index contributed by atoms with van der Waals surface area (Å²) in [6, 6.07) is 73.8. The first kappa shape index (κ1) is 31.2. The van der Waals surface area contributed by atoms with E-state index >= 15 is 0 Å². The molecule has 0 saturated carbocycles. The van der Waals surface area contributed by atoms with Crippen molar-refractivity contribution in [1.29, 1.82) is 0 Å². The van der Waals surface area contributed by atoms with Crippen molar-refractivity contribution in [2.75, 3.05) is 4.90 Å². The Kier molecular flexibility index (Phi) is 7.17. The number of nitrogens with zero attached hydrogens (tertiary/aromatic N) is 2. The average Bonchev–Trinajstić information content (AvgIpc) is 3.81. The Bertz CT molecular complexity index is 3170. The Morgan fingerprint density at radius 3 is 1.85 bits per heavy atom. The van der Waals surface area contributed by atoms with Gasteiger partial charge in [-0.25, -0.2) is 0 Å². The Labute approximate surface area is 318 Å². The summed E-state index contributed by atoms with van der Waals surface area (Å²) in [4.78, 5) is 2.37. The molecule has 0 amide bonds. The summed E-state index contributed by atoms with van der Waals surface area (Å²) in [7, 11) is 0. The van der Waals surface area contributed by atoms with Gasteiger partial charge in [0.15, 0.2) is 0 Å². The van der Waals surface area contributed by atoms with Crippen LogP contribution in [0.1, 0.15) is 0 Å². The minimum absolute atomic E-state index is 0.860. The van der Waals surface area contributed by atoms with E-state index in [1.807, 2.05) is 0 Å². The molecule has 0 fully saturated rings. The first-order valence-corrected chi connectivity index (χ1v) is 18.8. The van der Waals surface area contributed by atoms with E-state index in [2.05, 4.69) is 216 Å². The second-order valence-electron chi connectivity index (χ2n) is 14.1. The van der Waals surface area contributed by atoms with Crippen molar-refractivity contribution in [3.63, 3.8) is 0 Å². The van der Waals surface area contributed by atoms with Gasteiger partial charge in [0.25, 0.3) is 0 Å². The van der Waals surface area contributed by atoms with E-state index in [9.17, 15) is 0 Å². The van der Waals surface area contributed by atoms with Crippen molar-refractivity contribution in [2.45, 2.75) is 0 Å². The molecule has 0 radical (unpaired) electrons. The van der Waals surface area contributed by atoms with E-state index in [0.29, 0.717) is 0 Å². The lowest BCUT2D eigenvalue weighted by atomic mass is 9.97. The third-order valence-corrected chi connectivity index (χ3v) is 11.0. The Morgan fingerprint density at radius 1 is 0.400 bits per heavy atom. The zero-order valence-corrected chi connectivity index (χ0v) is 29.9. The predicted octanol–water partition coefficient (Wildman–Crippen LogP) is 14.6. The molecule has 0 bridgehead atoms. The van der Waals surface area contributed by atoms with E-state index in [4.69, 9.17) is 4.42 Å². The van der Waals surface area contributed by atoms with Gasteiger partial charge in [0, 0.05) is 38.7 Å². The minimum atomic E-state index is 0.860. The zero-order valence-electron chi connectivity index (χ0n) is 29.9. The molecule has 0 spiro atoms. The summed E-state index contributed by atoms with van der Waals surface area (Å²) in [6.45, 7) is 0. The topological polar surface area (TPSA) is 21.3 Å². The minimum Gasteiger partial charge on any atom is -0.455 e. The van der Waals surface area contributed by atoms with E-state index in [-0.39, 0.29) is 0 Å². The molecule has 3 heteroatoms. The maximum absolute atomic E-state index is 6.95. The number of hydrogen-bond acceptors (Lipinski definition) is 2. The number of anilines is 3. The smallest absolute Gasteiger partial charge is 0.145 e. The molecule has 2 aromatic heterocycles. The second-order valence-corrected chi connectivity index (χ2v) is 14.1. The van der Waals surface area contributed by atoms with E-state index in [1.165, 1.54) is 38.1 Å². The van der Waals surface area contributed by atoms with Gasteiger partial charge in [-0.15, -0.1) is 0 Å². The average molecular weight is 703 g/mol. The molecule has 0 unspecified atom stereocenters. The molecule has 9 aromatic carbocycles. The van der Waals surface area contributed by atoms with Crippen LogP contribution in [0, 0.1) is 0 Å². The third kappa shape index (κ3) is 5.05. The largest absolute Gasteiger partial charge is 0.455 e. The van der Waals surface area contributed by atoms with Gasteiger partial charge in [-0.05, 0) is 88.6 Å². The van der Waals surface area contributed by atoms with Crippen LogP contribution in [-0.2, 0) is 0 Å². The van der Waals surface area contributed by atoms with Crippen LogP contribution < -0.4 is 4.90 Å². The summed E-state index contributed by atoms with van der Waals surface area (Å²) >= 11 is 0. The first-order chi connectivity index (χ1) is 27.3. The lowest BCUT2D eigenvalue weighted by Gasteiger charge is -2.27. The van der Waals surface area contributed by atoms with Crippen LogP contribution >= 0.6 is 0 Å². The van der Waals surface area contributed by atoms with Gasteiger partial charge < -0.3 is 13.9 Å². The highest BCUT2D eigenvalue weighted by Crippen LogP contribution is 2.48. The molecule has 11 rings (SSSR count). The Balaban J connectivity index is 1.15. The maximum Gasteiger partial charge on any atom is 0.145 e. The van der Waals surface area contributed by atoms with Crippen LogP contribution in [0.15, 0.2) is 211 Å². The highest BCUT2D eigenvalue weighted by atomic mass is 16.3.